The molecule has 142 valence electrons. The van der Waals surface area contributed by atoms with E-state index in [-0.39, 0.29) is 17.2 Å². The number of sulfonamides is 1. The number of nitrogens with zero attached hydrogens (tertiary/aromatic N) is 3. The van der Waals surface area contributed by atoms with Gasteiger partial charge in [0.1, 0.15) is 0 Å². The zero-order chi connectivity index (χ0) is 19.5. The molecule has 1 saturated heterocycles. The van der Waals surface area contributed by atoms with Gasteiger partial charge in [0.25, 0.3) is 5.91 Å². The van der Waals surface area contributed by atoms with E-state index in [1.165, 1.54) is 15.3 Å². The molecule has 1 aromatic rings. The monoisotopic (exact) mass is 377 g/mol. The smallest absolute Gasteiger partial charge is 0.253 e. The first-order valence-electron chi connectivity index (χ1n) is 8.92. The van der Waals surface area contributed by atoms with Crippen molar-refractivity contribution in [2.45, 2.75) is 44.9 Å². The van der Waals surface area contributed by atoms with Crippen molar-refractivity contribution in [3.05, 3.63) is 28.8 Å². The van der Waals surface area contributed by atoms with Gasteiger partial charge < -0.3 is 4.90 Å². The fourth-order valence-corrected chi connectivity index (χ4v) is 4.92. The van der Waals surface area contributed by atoms with Crippen LogP contribution in [-0.2, 0) is 10.0 Å². The Kier molecular flexibility index (Phi) is 6.43. The predicted octanol–water partition coefficient (Wildman–Crippen LogP) is 2.71. The van der Waals surface area contributed by atoms with Crippen LogP contribution in [0.25, 0.3) is 0 Å². The molecule has 0 aromatic heterocycles. The molecule has 1 aliphatic heterocycles. The van der Waals surface area contributed by atoms with Crippen LogP contribution in [0.15, 0.2) is 17.0 Å². The maximum absolute atomic E-state index is 13.1. The van der Waals surface area contributed by atoms with Gasteiger partial charge in [-0.25, -0.2) is 8.42 Å². The number of carbonyl (C=O) groups excluding carboxylic acids is 1. The van der Waals surface area contributed by atoms with E-state index in [4.69, 9.17) is 5.26 Å². The highest BCUT2D eigenvalue weighted by molar-refractivity contribution is 7.89. The van der Waals surface area contributed by atoms with E-state index in [0.29, 0.717) is 36.7 Å². The number of benzene rings is 1. The molecular weight excluding hydrogens is 350 g/mol. The minimum absolute atomic E-state index is 0.212. The Hall–Kier alpha value is -1.91. The fraction of sp³-hybridized carbons (Fsp3) is 0.579. The number of nitriles is 1. The highest BCUT2D eigenvalue weighted by Gasteiger charge is 2.30. The van der Waals surface area contributed by atoms with Gasteiger partial charge in [0, 0.05) is 32.2 Å². The topological polar surface area (TPSA) is 81.5 Å². The van der Waals surface area contributed by atoms with Crippen molar-refractivity contribution in [3.8, 4) is 6.07 Å². The summed E-state index contributed by atoms with van der Waals surface area (Å²) >= 11 is 0. The molecule has 1 heterocycles. The fourth-order valence-electron chi connectivity index (χ4n) is 3.12. The van der Waals surface area contributed by atoms with E-state index in [2.05, 4.69) is 6.92 Å². The Labute approximate surface area is 156 Å². The van der Waals surface area contributed by atoms with Crippen molar-refractivity contribution < 1.29 is 13.2 Å². The van der Waals surface area contributed by atoms with Crippen LogP contribution in [0.4, 0.5) is 0 Å². The molecule has 0 bridgehead atoms. The molecule has 2 rings (SSSR count). The van der Waals surface area contributed by atoms with E-state index < -0.39 is 10.0 Å². The van der Waals surface area contributed by atoms with Gasteiger partial charge in [-0.2, -0.15) is 9.57 Å². The second-order valence-electron chi connectivity index (χ2n) is 7.14. The highest BCUT2D eigenvalue weighted by atomic mass is 32.2. The van der Waals surface area contributed by atoms with Crippen LogP contribution in [0.1, 0.15) is 47.7 Å². The van der Waals surface area contributed by atoms with Crippen molar-refractivity contribution in [1.82, 2.24) is 9.21 Å². The normalized spacial score (nSPS) is 16.3. The molecule has 26 heavy (non-hydrogen) atoms. The van der Waals surface area contributed by atoms with E-state index in [0.717, 1.165) is 18.4 Å². The van der Waals surface area contributed by atoms with Crippen LogP contribution in [0.3, 0.4) is 0 Å². The Balaban J connectivity index is 2.38. The summed E-state index contributed by atoms with van der Waals surface area (Å²) in [7, 11) is -2.01. The number of rotatable bonds is 5. The maximum atomic E-state index is 13.1. The number of hydrogen-bond donors (Lipinski definition) is 0. The molecule has 1 amide bonds. The molecule has 0 radical (unpaired) electrons. The number of amides is 1. The lowest BCUT2D eigenvalue weighted by molar-refractivity contribution is 0.0797. The molecule has 0 aliphatic carbocycles. The second-order valence-corrected chi connectivity index (χ2v) is 9.04. The summed E-state index contributed by atoms with van der Waals surface area (Å²) in [5, 5.41) is 8.69. The number of carbonyl (C=O) groups is 1. The van der Waals surface area contributed by atoms with Crippen LogP contribution in [0, 0.1) is 31.1 Å². The third-order valence-corrected chi connectivity index (χ3v) is 7.16. The number of piperidine rings is 1. The molecule has 0 atom stereocenters. The van der Waals surface area contributed by atoms with Gasteiger partial charge in [-0.1, -0.05) is 6.92 Å². The zero-order valence-corrected chi connectivity index (χ0v) is 16.8. The SMILES string of the molecule is Cc1cc(C(=O)N(C)CCC#N)cc(S(=O)(=O)N2CCC(C)CC2)c1C. The van der Waals surface area contributed by atoms with Crippen molar-refractivity contribution in [1.29, 1.82) is 5.26 Å². The predicted molar refractivity (Wildman–Crippen MR) is 100 cm³/mol. The van der Waals surface area contributed by atoms with Gasteiger partial charge in [0.05, 0.1) is 17.4 Å². The molecule has 0 saturated carbocycles. The number of hydrogen-bond acceptors (Lipinski definition) is 4. The first-order valence-corrected chi connectivity index (χ1v) is 10.4. The van der Waals surface area contributed by atoms with E-state index in [1.54, 1.807) is 20.0 Å². The first-order chi connectivity index (χ1) is 12.2. The Morgan fingerprint density at radius 1 is 1.31 bits per heavy atom. The van der Waals surface area contributed by atoms with Crippen LogP contribution < -0.4 is 0 Å². The molecule has 0 unspecified atom stereocenters. The highest BCUT2D eigenvalue weighted by Crippen LogP contribution is 2.28. The minimum atomic E-state index is -3.63. The van der Waals surface area contributed by atoms with Gasteiger partial charge >= 0.3 is 0 Å². The minimum Gasteiger partial charge on any atom is -0.341 e. The molecule has 1 aromatic carbocycles. The summed E-state index contributed by atoms with van der Waals surface area (Å²) in [5.41, 5.74) is 1.80. The lowest BCUT2D eigenvalue weighted by atomic mass is 10.0. The van der Waals surface area contributed by atoms with Crippen molar-refractivity contribution >= 4 is 15.9 Å². The maximum Gasteiger partial charge on any atom is 0.253 e. The number of aryl methyl sites for hydroxylation is 1. The molecule has 1 fully saturated rings. The summed E-state index contributed by atoms with van der Waals surface area (Å²) in [6, 6.07) is 5.22. The van der Waals surface area contributed by atoms with E-state index in [9.17, 15) is 13.2 Å². The molecule has 7 heteroatoms. The summed E-state index contributed by atoms with van der Waals surface area (Å²) in [4.78, 5) is 14.3. The van der Waals surface area contributed by atoms with Crippen LogP contribution in [0.5, 0.6) is 0 Å². The lowest BCUT2D eigenvalue weighted by Gasteiger charge is -2.30. The lowest BCUT2D eigenvalue weighted by Crippen LogP contribution is -2.38. The quantitative estimate of drug-likeness (QED) is 0.790. The average molecular weight is 378 g/mol. The van der Waals surface area contributed by atoms with Crippen LogP contribution >= 0.6 is 0 Å². The Bertz CT molecular complexity index is 819. The van der Waals surface area contributed by atoms with Crippen LogP contribution in [-0.4, -0.2) is 50.2 Å². The van der Waals surface area contributed by atoms with E-state index in [1.807, 2.05) is 13.0 Å². The third kappa shape index (κ3) is 4.25. The Morgan fingerprint density at radius 3 is 2.50 bits per heavy atom. The molecular formula is C19H27N3O3S. The first kappa shape index (κ1) is 20.4. The summed E-state index contributed by atoms with van der Waals surface area (Å²) in [6.45, 7) is 7.08. The van der Waals surface area contributed by atoms with Gasteiger partial charge in [-0.3, -0.25) is 4.79 Å². The van der Waals surface area contributed by atoms with Gasteiger partial charge in [0.15, 0.2) is 0 Å². The second kappa shape index (κ2) is 8.19. The van der Waals surface area contributed by atoms with Crippen molar-refractivity contribution in [2.24, 2.45) is 5.92 Å². The standard InChI is InChI=1S/C19H27N3O3S/c1-14-6-10-22(11-7-14)26(24,25)18-13-17(12-15(2)16(18)3)19(23)21(4)9-5-8-20/h12-14H,5-7,9-11H2,1-4H3. The molecule has 0 N–H and O–H groups in total. The van der Waals surface area contributed by atoms with Crippen molar-refractivity contribution in [2.75, 3.05) is 26.7 Å². The summed E-state index contributed by atoms with van der Waals surface area (Å²) in [5.74, 6) is 0.262. The summed E-state index contributed by atoms with van der Waals surface area (Å²) in [6.07, 6.45) is 1.95. The summed E-state index contributed by atoms with van der Waals surface area (Å²) < 4.78 is 27.8. The van der Waals surface area contributed by atoms with Gasteiger partial charge in [-0.05, 0) is 55.9 Å². The molecule has 1 aliphatic rings. The largest absolute Gasteiger partial charge is 0.341 e. The molecule has 0 spiro atoms. The van der Waals surface area contributed by atoms with Crippen molar-refractivity contribution in [3.63, 3.8) is 0 Å². The Morgan fingerprint density at radius 2 is 1.92 bits per heavy atom. The van der Waals surface area contributed by atoms with Gasteiger partial charge in [-0.15, -0.1) is 0 Å². The zero-order valence-electron chi connectivity index (χ0n) is 15.9. The third-order valence-electron chi connectivity index (χ3n) is 5.13. The average Bonchev–Trinajstić information content (AvgIpc) is 2.61. The van der Waals surface area contributed by atoms with Crippen LogP contribution in [0.2, 0.25) is 0 Å². The molecule has 6 nitrogen and oxygen atoms in total. The van der Waals surface area contributed by atoms with Gasteiger partial charge in [0.2, 0.25) is 10.0 Å². The van der Waals surface area contributed by atoms with E-state index >= 15 is 0 Å².